The molecule has 1 unspecified atom stereocenters. The Hall–Kier alpha value is -4.82. The van der Waals surface area contributed by atoms with Crippen LogP contribution in [0.25, 0.3) is 0 Å². The first-order chi connectivity index (χ1) is 20.3. The Balaban J connectivity index is 0.000000646. The maximum Gasteiger partial charge on any atom is 0.490 e. The van der Waals surface area contributed by atoms with E-state index in [-0.39, 0.29) is 18.4 Å². The van der Waals surface area contributed by atoms with Gasteiger partial charge in [0.1, 0.15) is 11.6 Å². The average molecular weight is 609 g/mol. The molecule has 1 aliphatic rings. The number of fused-ring (bicyclic) bond motifs is 1. The fourth-order valence-electron chi connectivity index (χ4n) is 4.45. The predicted molar refractivity (Wildman–Crippen MR) is 146 cm³/mol. The van der Waals surface area contributed by atoms with Gasteiger partial charge in [-0.3, -0.25) is 4.79 Å². The second kappa shape index (κ2) is 14.4. The number of carboxylic acids is 3. The SMILES string of the molecule is COc1ccc(C(=O)O)cc1C(CC(=O)O)Cc1cc(OCCc2ccc3c(n2)NCCC3)n(C)n1.O=C(O)C(F)(F)F. The molecule has 1 atom stereocenters. The maximum absolute atomic E-state index is 11.6. The number of hydrogen-bond donors (Lipinski definition) is 4. The highest BCUT2D eigenvalue weighted by atomic mass is 19.4. The van der Waals surface area contributed by atoms with Crippen LogP contribution in [-0.4, -0.2) is 74.4 Å². The normalized spacial score (nSPS) is 13.0. The van der Waals surface area contributed by atoms with Gasteiger partial charge in [0, 0.05) is 37.7 Å². The van der Waals surface area contributed by atoms with Crippen molar-refractivity contribution in [2.75, 3.05) is 25.6 Å². The van der Waals surface area contributed by atoms with Crippen LogP contribution in [0.15, 0.2) is 36.4 Å². The Labute approximate surface area is 244 Å². The lowest BCUT2D eigenvalue weighted by molar-refractivity contribution is -0.192. The number of benzene rings is 1. The number of aliphatic carboxylic acids is 2. The average Bonchev–Trinajstić information content (AvgIpc) is 3.30. The van der Waals surface area contributed by atoms with Gasteiger partial charge in [-0.1, -0.05) is 6.07 Å². The monoisotopic (exact) mass is 608 g/mol. The molecule has 0 amide bonds. The summed E-state index contributed by atoms with van der Waals surface area (Å²) in [5, 5.41) is 33.9. The van der Waals surface area contributed by atoms with E-state index < -0.39 is 30.0 Å². The number of aromatic carboxylic acids is 1. The summed E-state index contributed by atoms with van der Waals surface area (Å²) in [4.78, 5) is 36.7. The number of nitrogens with zero attached hydrogens (tertiary/aromatic N) is 3. The van der Waals surface area contributed by atoms with Crippen LogP contribution in [0, 0.1) is 0 Å². The second-order valence-corrected chi connectivity index (χ2v) is 9.60. The summed E-state index contributed by atoms with van der Waals surface area (Å²) in [6.45, 7) is 1.35. The molecule has 0 radical (unpaired) electrons. The van der Waals surface area contributed by atoms with Gasteiger partial charge in [0.25, 0.3) is 0 Å². The number of anilines is 1. The zero-order valence-electron chi connectivity index (χ0n) is 23.3. The number of carboxylic acid groups (broad SMARTS) is 3. The Morgan fingerprint density at radius 2 is 1.81 bits per heavy atom. The lowest BCUT2D eigenvalue weighted by atomic mass is 9.89. The van der Waals surface area contributed by atoms with Gasteiger partial charge in [0.15, 0.2) is 0 Å². The number of carbonyl (C=O) groups is 3. The Morgan fingerprint density at radius 1 is 1.09 bits per heavy atom. The quantitative estimate of drug-likeness (QED) is 0.248. The summed E-state index contributed by atoms with van der Waals surface area (Å²) in [6, 6.07) is 10.4. The molecule has 0 fully saturated rings. The van der Waals surface area contributed by atoms with Crippen molar-refractivity contribution >= 4 is 23.7 Å². The van der Waals surface area contributed by atoms with E-state index in [4.69, 9.17) is 19.4 Å². The molecule has 1 aromatic carbocycles. The highest BCUT2D eigenvalue weighted by molar-refractivity contribution is 5.88. The number of methoxy groups -OCH3 is 1. The molecule has 1 aliphatic heterocycles. The largest absolute Gasteiger partial charge is 0.496 e. The molecular weight excluding hydrogens is 577 g/mol. The third-order valence-corrected chi connectivity index (χ3v) is 6.48. The van der Waals surface area contributed by atoms with Gasteiger partial charge in [-0.2, -0.15) is 18.3 Å². The number of pyridine rings is 1. The van der Waals surface area contributed by atoms with Crippen LogP contribution in [0.1, 0.15) is 51.6 Å². The molecule has 232 valence electrons. The van der Waals surface area contributed by atoms with Crippen LogP contribution in [0.4, 0.5) is 19.0 Å². The minimum absolute atomic E-state index is 0.0669. The van der Waals surface area contributed by atoms with Crippen molar-refractivity contribution in [2.45, 2.75) is 44.2 Å². The molecule has 0 spiro atoms. The summed E-state index contributed by atoms with van der Waals surface area (Å²) in [5.74, 6) is -3.44. The summed E-state index contributed by atoms with van der Waals surface area (Å²) < 4.78 is 44.7. The molecule has 15 heteroatoms. The zero-order chi connectivity index (χ0) is 31.7. The molecule has 0 saturated carbocycles. The fraction of sp³-hybridized carbons (Fsp3) is 0.393. The molecule has 3 aromatic rings. The highest BCUT2D eigenvalue weighted by Gasteiger charge is 2.38. The van der Waals surface area contributed by atoms with Gasteiger partial charge >= 0.3 is 24.1 Å². The molecule has 2 aromatic heterocycles. The molecule has 12 nitrogen and oxygen atoms in total. The Morgan fingerprint density at radius 3 is 2.44 bits per heavy atom. The number of rotatable bonds is 11. The molecule has 3 heterocycles. The number of nitrogens with one attached hydrogen (secondary N) is 1. The van der Waals surface area contributed by atoms with E-state index in [0.717, 1.165) is 30.9 Å². The number of halogens is 3. The van der Waals surface area contributed by atoms with Gasteiger partial charge < -0.3 is 30.1 Å². The standard InChI is InChI=1S/C26H30N4O6.C2HF3O2/c1-30-23(36-11-9-19-7-5-16-4-3-10-27-25(16)28-19)15-20(29-30)12-18(14-24(31)32)21-13-17(26(33)34)6-8-22(21)35-2;3-2(4,5)1(6)7/h5-8,13,15,18H,3-4,9-12,14H2,1-2H3,(H,27,28)(H,31,32)(H,33,34);(H,6,7). The molecule has 4 rings (SSSR count). The van der Waals surface area contributed by atoms with Gasteiger partial charge in [0.05, 0.1) is 31.4 Å². The van der Waals surface area contributed by atoms with E-state index >= 15 is 0 Å². The van der Waals surface area contributed by atoms with Crippen molar-refractivity contribution < 1.29 is 52.3 Å². The van der Waals surface area contributed by atoms with Gasteiger partial charge in [-0.25, -0.2) is 19.3 Å². The lowest BCUT2D eigenvalue weighted by Crippen LogP contribution is -2.21. The van der Waals surface area contributed by atoms with E-state index in [1.165, 1.54) is 24.8 Å². The molecule has 0 bridgehead atoms. The van der Waals surface area contributed by atoms with Crippen molar-refractivity contribution in [1.82, 2.24) is 14.8 Å². The lowest BCUT2D eigenvalue weighted by Gasteiger charge is -2.18. The van der Waals surface area contributed by atoms with Crippen molar-refractivity contribution in [1.29, 1.82) is 0 Å². The molecule has 43 heavy (non-hydrogen) atoms. The minimum Gasteiger partial charge on any atom is -0.496 e. The third-order valence-electron chi connectivity index (χ3n) is 6.48. The number of aromatic nitrogens is 3. The number of hydrogen-bond acceptors (Lipinski definition) is 8. The topological polar surface area (TPSA) is 173 Å². The summed E-state index contributed by atoms with van der Waals surface area (Å²) in [6.07, 6.45) is -2.22. The van der Waals surface area contributed by atoms with E-state index in [1.807, 2.05) is 6.07 Å². The first-order valence-electron chi connectivity index (χ1n) is 13.1. The van der Waals surface area contributed by atoms with Gasteiger partial charge in [-0.05, 0) is 54.7 Å². The van der Waals surface area contributed by atoms with Crippen LogP contribution >= 0.6 is 0 Å². The first-order valence-corrected chi connectivity index (χ1v) is 13.1. The zero-order valence-corrected chi connectivity index (χ0v) is 23.3. The summed E-state index contributed by atoms with van der Waals surface area (Å²) in [5.41, 5.74) is 3.40. The van der Waals surface area contributed by atoms with Crippen LogP contribution < -0.4 is 14.8 Å². The second-order valence-electron chi connectivity index (χ2n) is 9.60. The van der Waals surface area contributed by atoms with E-state index in [1.54, 1.807) is 23.9 Å². The number of alkyl halides is 3. The Kier molecular flexibility index (Phi) is 10.9. The third kappa shape index (κ3) is 9.34. The van der Waals surface area contributed by atoms with E-state index in [2.05, 4.69) is 21.5 Å². The number of ether oxygens (including phenoxy) is 2. The van der Waals surface area contributed by atoms with Crippen LogP contribution in [0.2, 0.25) is 0 Å². The van der Waals surface area contributed by atoms with Crippen LogP contribution in [0.5, 0.6) is 11.6 Å². The van der Waals surface area contributed by atoms with Crippen molar-refractivity contribution in [3.8, 4) is 11.6 Å². The van der Waals surface area contributed by atoms with Gasteiger partial charge in [0.2, 0.25) is 5.88 Å². The van der Waals surface area contributed by atoms with Crippen molar-refractivity contribution in [3.63, 3.8) is 0 Å². The fourth-order valence-corrected chi connectivity index (χ4v) is 4.45. The van der Waals surface area contributed by atoms with Gasteiger partial charge in [-0.15, -0.1) is 0 Å². The summed E-state index contributed by atoms with van der Waals surface area (Å²) in [7, 11) is 3.23. The summed E-state index contributed by atoms with van der Waals surface area (Å²) >= 11 is 0. The Bertz CT molecular complexity index is 1460. The van der Waals surface area contributed by atoms with E-state index in [9.17, 15) is 33.0 Å². The van der Waals surface area contributed by atoms with Crippen LogP contribution in [-0.2, 0) is 35.9 Å². The molecule has 0 aliphatic carbocycles. The maximum atomic E-state index is 11.6. The van der Waals surface area contributed by atoms with E-state index in [0.29, 0.717) is 35.9 Å². The van der Waals surface area contributed by atoms with Crippen LogP contribution in [0.3, 0.4) is 0 Å². The predicted octanol–water partition coefficient (Wildman–Crippen LogP) is 3.94. The minimum atomic E-state index is -5.08. The molecule has 4 N–H and O–H groups in total. The molecule has 0 saturated heterocycles. The first kappa shape index (κ1) is 32.7. The smallest absolute Gasteiger partial charge is 0.490 e. The highest BCUT2D eigenvalue weighted by Crippen LogP contribution is 2.33. The molecular formula is C28H31F3N4O8. The van der Waals surface area contributed by atoms with Crippen molar-refractivity contribution in [3.05, 3.63) is 64.5 Å². The number of aryl methyl sites for hydroxylation is 2. The van der Waals surface area contributed by atoms with Crippen molar-refractivity contribution in [2.24, 2.45) is 7.05 Å².